The van der Waals surface area contributed by atoms with E-state index in [2.05, 4.69) is 11.7 Å². The summed E-state index contributed by atoms with van der Waals surface area (Å²) in [6.45, 7) is 2.27. The number of ether oxygens (including phenoxy) is 1. The molecule has 0 aromatic heterocycles. The summed E-state index contributed by atoms with van der Waals surface area (Å²) in [6.07, 6.45) is 10.0. The molecule has 1 atom stereocenters. The third-order valence-electron chi connectivity index (χ3n) is 10.2. The minimum absolute atomic E-state index is 0.0770. The maximum absolute atomic E-state index is 15.8. The average molecular weight is 581 g/mol. The summed E-state index contributed by atoms with van der Waals surface area (Å²) in [6, 6.07) is 5.11. The summed E-state index contributed by atoms with van der Waals surface area (Å²) < 4.78 is 86.5. The van der Waals surface area contributed by atoms with Crippen LogP contribution in [-0.2, 0) is 12.8 Å². The summed E-state index contributed by atoms with van der Waals surface area (Å²) in [5.41, 5.74) is 2.28. The maximum atomic E-state index is 15.8. The average Bonchev–Trinajstić information content (AvgIpc) is 2.93. The van der Waals surface area contributed by atoms with Gasteiger partial charge in [-0.25, -0.2) is 13.2 Å². The molecular formula is C34H42F6O. The molecule has 2 fully saturated rings. The predicted molar refractivity (Wildman–Crippen MR) is 148 cm³/mol. The van der Waals surface area contributed by atoms with Gasteiger partial charge < -0.3 is 4.74 Å². The summed E-state index contributed by atoms with van der Waals surface area (Å²) in [4.78, 5) is 0. The molecule has 41 heavy (non-hydrogen) atoms. The summed E-state index contributed by atoms with van der Waals surface area (Å²) in [5.74, 6) is -0.889. The second kappa shape index (κ2) is 13.0. The van der Waals surface area contributed by atoms with Crippen molar-refractivity contribution in [1.29, 1.82) is 0 Å². The SMILES string of the molecule is CCCC1CCC(CCC2CCc3c(cc(F)c(C4CCC(c5ccc(OC(F)(F)F)c(F)c5)CC4)c3F)C2)CC1. The molecule has 0 aliphatic heterocycles. The van der Waals surface area contributed by atoms with Crippen molar-refractivity contribution in [1.82, 2.24) is 0 Å². The van der Waals surface area contributed by atoms with E-state index >= 15 is 8.78 Å². The molecule has 0 amide bonds. The molecular weight excluding hydrogens is 538 g/mol. The van der Waals surface area contributed by atoms with E-state index < -0.39 is 23.7 Å². The molecule has 1 nitrogen and oxygen atoms in total. The lowest BCUT2D eigenvalue weighted by atomic mass is 9.73. The minimum atomic E-state index is -4.96. The molecule has 7 heteroatoms. The molecule has 0 radical (unpaired) electrons. The number of benzene rings is 2. The van der Waals surface area contributed by atoms with Gasteiger partial charge in [-0.3, -0.25) is 0 Å². The number of halogens is 6. The van der Waals surface area contributed by atoms with Gasteiger partial charge in [-0.05, 0) is 116 Å². The van der Waals surface area contributed by atoms with Gasteiger partial charge in [0.25, 0.3) is 0 Å². The van der Waals surface area contributed by atoms with Gasteiger partial charge in [-0.1, -0.05) is 57.9 Å². The second-order valence-electron chi connectivity index (χ2n) is 12.9. The Morgan fingerprint density at radius 3 is 2.00 bits per heavy atom. The van der Waals surface area contributed by atoms with Crippen LogP contribution in [0, 0.1) is 35.2 Å². The number of rotatable bonds is 8. The van der Waals surface area contributed by atoms with E-state index in [1.807, 2.05) is 0 Å². The molecule has 3 aliphatic carbocycles. The zero-order valence-electron chi connectivity index (χ0n) is 24.0. The van der Waals surface area contributed by atoms with Gasteiger partial charge in [-0.15, -0.1) is 13.2 Å². The Bertz CT molecular complexity index is 1170. The number of fused-ring (bicyclic) bond motifs is 1. The normalized spacial score (nSPS) is 27.0. The zero-order chi connectivity index (χ0) is 29.1. The fourth-order valence-electron chi connectivity index (χ4n) is 7.94. The van der Waals surface area contributed by atoms with E-state index in [0.717, 1.165) is 48.8 Å². The topological polar surface area (TPSA) is 9.23 Å². The predicted octanol–water partition coefficient (Wildman–Crippen LogP) is 10.9. The van der Waals surface area contributed by atoms with E-state index in [0.29, 0.717) is 49.1 Å². The standard InChI is InChI=1S/C34H42F6O/c1-2-3-21-4-6-22(7-5-21)8-9-23-10-16-28-27(18-23)20-30(36)32(33(28)37)25-13-11-24(12-14-25)26-15-17-31(29(35)19-26)41-34(38,39)40/h15,17,19-25H,2-14,16,18H2,1H3. The highest BCUT2D eigenvalue weighted by molar-refractivity contribution is 5.39. The Labute approximate surface area is 240 Å². The molecule has 226 valence electrons. The molecule has 2 aromatic rings. The van der Waals surface area contributed by atoms with Crippen LogP contribution in [-0.4, -0.2) is 6.36 Å². The fraction of sp³-hybridized carbons (Fsp3) is 0.647. The third kappa shape index (κ3) is 7.43. The Kier molecular flexibility index (Phi) is 9.60. The van der Waals surface area contributed by atoms with Crippen molar-refractivity contribution in [2.45, 2.75) is 121 Å². The van der Waals surface area contributed by atoms with Crippen LogP contribution in [0.1, 0.15) is 124 Å². The number of alkyl halides is 3. The van der Waals surface area contributed by atoms with Gasteiger partial charge in [0.05, 0.1) is 0 Å². The van der Waals surface area contributed by atoms with Gasteiger partial charge >= 0.3 is 6.36 Å². The van der Waals surface area contributed by atoms with Crippen molar-refractivity contribution in [2.24, 2.45) is 17.8 Å². The van der Waals surface area contributed by atoms with Gasteiger partial charge in [0.15, 0.2) is 11.6 Å². The molecule has 2 saturated carbocycles. The van der Waals surface area contributed by atoms with Crippen LogP contribution < -0.4 is 4.74 Å². The highest BCUT2D eigenvalue weighted by atomic mass is 19.4. The first kappa shape index (κ1) is 30.3. The van der Waals surface area contributed by atoms with Crippen LogP contribution in [0.3, 0.4) is 0 Å². The largest absolute Gasteiger partial charge is 0.573 e. The molecule has 5 rings (SSSR count). The molecule has 3 aliphatic rings. The van der Waals surface area contributed by atoms with Crippen LogP contribution >= 0.6 is 0 Å². The van der Waals surface area contributed by atoms with Crippen LogP contribution in [0.15, 0.2) is 24.3 Å². The third-order valence-corrected chi connectivity index (χ3v) is 10.2. The first-order chi connectivity index (χ1) is 19.6. The second-order valence-corrected chi connectivity index (χ2v) is 12.9. The quantitative estimate of drug-likeness (QED) is 0.282. The van der Waals surface area contributed by atoms with Gasteiger partial charge in [0, 0.05) is 5.56 Å². The summed E-state index contributed by atoms with van der Waals surface area (Å²) >= 11 is 0. The van der Waals surface area contributed by atoms with E-state index in [-0.39, 0.29) is 23.2 Å². The highest BCUT2D eigenvalue weighted by Gasteiger charge is 2.34. The molecule has 2 aromatic carbocycles. The van der Waals surface area contributed by atoms with Crippen LogP contribution in [0.2, 0.25) is 0 Å². The first-order valence-corrected chi connectivity index (χ1v) is 15.7. The lowest BCUT2D eigenvalue weighted by Gasteiger charge is -2.32. The Balaban J connectivity index is 1.17. The van der Waals surface area contributed by atoms with Crippen molar-refractivity contribution in [3.8, 4) is 5.75 Å². The van der Waals surface area contributed by atoms with Gasteiger partial charge in [0.1, 0.15) is 11.6 Å². The highest BCUT2D eigenvalue weighted by Crippen LogP contribution is 2.45. The summed E-state index contributed by atoms with van der Waals surface area (Å²) in [5, 5.41) is 0. The van der Waals surface area contributed by atoms with Crippen molar-refractivity contribution >= 4 is 0 Å². The molecule has 0 saturated heterocycles. The smallest absolute Gasteiger partial charge is 0.403 e. The van der Waals surface area contributed by atoms with E-state index in [9.17, 15) is 17.6 Å². The molecule has 0 N–H and O–H groups in total. The van der Waals surface area contributed by atoms with Crippen molar-refractivity contribution < 1.29 is 31.1 Å². The van der Waals surface area contributed by atoms with Crippen molar-refractivity contribution in [2.75, 3.05) is 0 Å². The molecule has 0 spiro atoms. The summed E-state index contributed by atoms with van der Waals surface area (Å²) in [7, 11) is 0. The van der Waals surface area contributed by atoms with E-state index in [1.54, 1.807) is 6.07 Å². The molecule has 0 bridgehead atoms. The monoisotopic (exact) mass is 580 g/mol. The zero-order valence-corrected chi connectivity index (χ0v) is 24.0. The van der Waals surface area contributed by atoms with Crippen molar-refractivity contribution in [3.05, 3.63) is 64.0 Å². The lowest BCUT2D eigenvalue weighted by molar-refractivity contribution is -0.275. The van der Waals surface area contributed by atoms with Crippen LogP contribution in [0.25, 0.3) is 0 Å². The van der Waals surface area contributed by atoms with Crippen LogP contribution in [0.4, 0.5) is 26.3 Å². The lowest BCUT2D eigenvalue weighted by Crippen LogP contribution is -2.21. The fourth-order valence-corrected chi connectivity index (χ4v) is 7.94. The Hall–Kier alpha value is -2.18. The Morgan fingerprint density at radius 1 is 0.732 bits per heavy atom. The van der Waals surface area contributed by atoms with E-state index in [4.69, 9.17) is 0 Å². The van der Waals surface area contributed by atoms with Gasteiger partial charge in [0.2, 0.25) is 0 Å². The number of hydrogen-bond donors (Lipinski definition) is 0. The van der Waals surface area contributed by atoms with E-state index in [1.165, 1.54) is 51.0 Å². The first-order valence-electron chi connectivity index (χ1n) is 15.7. The van der Waals surface area contributed by atoms with Crippen LogP contribution in [0.5, 0.6) is 5.75 Å². The van der Waals surface area contributed by atoms with Crippen molar-refractivity contribution in [3.63, 3.8) is 0 Å². The molecule has 0 heterocycles. The molecule has 1 unspecified atom stereocenters. The number of hydrogen-bond acceptors (Lipinski definition) is 1. The van der Waals surface area contributed by atoms with Gasteiger partial charge in [-0.2, -0.15) is 0 Å². The maximum Gasteiger partial charge on any atom is 0.573 e. The minimum Gasteiger partial charge on any atom is -0.403 e. The Morgan fingerprint density at radius 2 is 1.37 bits per heavy atom.